The lowest BCUT2D eigenvalue weighted by atomic mass is 9.92. The van der Waals surface area contributed by atoms with E-state index in [1.54, 1.807) is 17.0 Å². The summed E-state index contributed by atoms with van der Waals surface area (Å²) in [7, 11) is 1.84. The molecule has 4 aromatic rings. The van der Waals surface area contributed by atoms with Gasteiger partial charge in [-0.3, -0.25) is 10.1 Å². The van der Waals surface area contributed by atoms with Gasteiger partial charge in [0.15, 0.2) is 0 Å². The number of aryl methyl sites for hydroxylation is 1. The van der Waals surface area contributed by atoms with Crippen molar-refractivity contribution in [3.8, 4) is 11.1 Å². The van der Waals surface area contributed by atoms with Crippen molar-refractivity contribution in [3.05, 3.63) is 107 Å². The highest BCUT2D eigenvalue weighted by atomic mass is 19.1. The maximum Gasteiger partial charge on any atom is 0.255 e. The predicted octanol–water partition coefficient (Wildman–Crippen LogP) is 6.51. The Morgan fingerprint density at radius 3 is 2.21 bits per heavy atom. The number of benzene rings is 4. The van der Waals surface area contributed by atoms with Gasteiger partial charge in [0, 0.05) is 12.6 Å². The Kier molecular flexibility index (Phi) is 6.30. The van der Waals surface area contributed by atoms with Gasteiger partial charge in [-0.2, -0.15) is 0 Å². The first kappa shape index (κ1) is 22.7. The highest BCUT2D eigenvalue weighted by molar-refractivity contribution is 5.96. The number of fused-ring (bicyclic) bond motifs is 1. The Labute approximate surface area is 194 Å². The van der Waals surface area contributed by atoms with Gasteiger partial charge in [-0.25, -0.2) is 4.39 Å². The lowest BCUT2D eigenvalue weighted by molar-refractivity contribution is 0.0510. The van der Waals surface area contributed by atoms with Crippen molar-refractivity contribution in [1.82, 2.24) is 10.2 Å². The second-order valence-corrected chi connectivity index (χ2v) is 8.58. The lowest BCUT2D eigenvalue weighted by Gasteiger charge is -2.41. The normalized spacial score (nSPS) is 13.0. The zero-order valence-electron chi connectivity index (χ0n) is 19.5. The average molecular weight is 441 g/mol. The van der Waals surface area contributed by atoms with Crippen molar-refractivity contribution in [2.24, 2.45) is 0 Å². The first-order valence-electron chi connectivity index (χ1n) is 11.2. The zero-order chi connectivity index (χ0) is 23.6. The van der Waals surface area contributed by atoms with E-state index in [0.717, 1.165) is 27.5 Å². The summed E-state index contributed by atoms with van der Waals surface area (Å²) in [5.41, 5.74) is 4.01. The van der Waals surface area contributed by atoms with Gasteiger partial charge in [0.1, 0.15) is 11.5 Å². The van der Waals surface area contributed by atoms with E-state index in [4.69, 9.17) is 0 Å². The van der Waals surface area contributed by atoms with Gasteiger partial charge >= 0.3 is 0 Å². The topological polar surface area (TPSA) is 32.3 Å². The minimum absolute atomic E-state index is 0.0757. The molecule has 0 saturated carbocycles. The SMILES string of the molecule is CCNC(C)(c1cccc2cc(C)ccc12)N(C)C(=O)c1ccc(-c2ccc(F)cc2)cc1. The fraction of sp³-hybridized carbons (Fsp3) is 0.207. The van der Waals surface area contributed by atoms with Gasteiger partial charge in [0.05, 0.1) is 0 Å². The molecular weight excluding hydrogens is 411 g/mol. The third kappa shape index (κ3) is 4.39. The van der Waals surface area contributed by atoms with Crippen LogP contribution >= 0.6 is 0 Å². The highest BCUT2D eigenvalue weighted by Crippen LogP contribution is 2.33. The van der Waals surface area contributed by atoms with Gasteiger partial charge in [-0.1, -0.05) is 73.2 Å². The Balaban J connectivity index is 1.69. The Morgan fingerprint density at radius 1 is 0.939 bits per heavy atom. The van der Waals surface area contributed by atoms with Crippen molar-refractivity contribution in [3.63, 3.8) is 0 Å². The van der Waals surface area contributed by atoms with Gasteiger partial charge < -0.3 is 4.90 Å². The largest absolute Gasteiger partial charge is 0.319 e. The number of halogens is 1. The minimum atomic E-state index is -0.698. The molecule has 1 N–H and O–H groups in total. The summed E-state index contributed by atoms with van der Waals surface area (Å²) in [6, 6.07) is 26.5. The maximum absolute atomic E-state index is 13.6. The molecule has 1 amide bonds. The molecule has 4 rings (SSSR count). The van der Waals surface area contributed by atoms with E-state index < -0.39 is 5.66 Å². The third-order valence-electron chi connectivity index (χ3n) is 6.37. The molecule has 0 aromatic heterocycles. The Hall–Kier alpha value is -3.50. The van der Waals surface area contributed by atoms with E-state index in [-0.39, 0.29) is 11.7 Å². The fourth-order valence-electron chi connectivity index (χ4n) is 4.41. The van der Waals surface area contributed by atoms with Crippen LogP contribution in [0.5, 0.6) is 0 Å². The molecule has 168 valence electrons. The molecule has 4 aromatic carbocycles. The molecule has 0 aliphatic heterocycles. The van der Waals surface area contributed by atoms with E-state index >= 15 is 0 Å². The van der Waals surface area contributed by atoms with Gasteiger partial charge in [-0.05, 0) is 72.1 Å². The summed E-state index contributed by atoms with van der Waals surface area (Å²) < 4.78 is 13.2. The molecule has 0 radical (unpaired) electrons. The van der Waals surface area contributed by atoms with Crippen LogP contribution in [0, 0.1) is 12.7 Å². The highest BCUT2D eigenvalue weighted by Gasteiger charge is 2.35. The van der Waals surface area contributed by atoms with Crippen molar-refractivity contribution < 1.29 is 9.18 Å². The molecule has 4 heteroatoms. The minimum Gasteiger partial charge on any atom is -0.319 e. The van der Waals surface area contributed by atoms with Gasteiger partial charge in [-0.15, -0.1) is 0 Å². The summed E-state index contributed by atoms with van der Waals surface area (Å²) in [6.07, 6.45) is 0. The average Bonchev–Trinajstić information content (AvgIpc) is 2.83. The number of carbonyl (C=O) groups is 1. The van der Waals surface area contributed by atoms with Crippen LogP contribution in [-0.2, 0) is 5.66 Å². The number of rotatable bonds is 6. The lowest BCUT2D eigenvalue weighted by Crippen LogP contribution is -2.54. The van der Waals surface area contributed by atoms with Crippen LogP contribution in [0.25, 0.3) is 21.9 Å². The Bertz CT molecular complexity index is 1280. The second kappa shape index (κ2) is 9.16. The van der Waals surface area contributed by atoms with Crippen LogP contribution in [0.1, 0.15) is 35.3 Å². The number of carbonyl (C=O) groups excluding carboxylic acids is 1. The predicted molar refractivity (Wildman–Crippen MR) is 134 cm³/mol. The van der Waals surface area contributed by atoms with E-state index in [0.29, 0.717) is 12.1 Å². The van der Waals surface area contributed by atoms with E-state index in [1.165, 1.54) is 17.7 Å². The molecule has 0 aliphatic carbocycles. The van der Waals surface area contributed by atoms with Gasteiger partial charge in [0.25, 0.3) is 5.91 Å². The van der Waals surface area contributed by atoms with E-state index in [1.807, 2.05) is 44.3 Å². The van der Waals surface area contributed by atoms with Crippen LogP contribution in [-0.4, -0.2) is 24.4 Å². The van der Waals surface area contributed by atoms with Crippen LogP contribution in [0.2, 0.25) is 0 Å². The number of hydrogen-bond acceptors (Lipinski definition) is 2. The van der Waals surface area contributed by atoms with E-state index in [2.05, 4.69) is 49.5 Å². The molecule has 0 aliphatic rings. The number of hydrogen-bond donors (Lipinski definition) is 1. The molecule has 1 atom stereocenters. The standard InChI is InChI=1S/C29H29FN2O/c1-5-31-29(3,27-8-6-7-24-19-20(2)9-18-26(24)27)32(4)28(33)23-12-10-21(11-13-23)22-14-16-25(30)17-15-22/h6-19,31H,5H2,1-4H3. The first-order chi connectivity index (χ1) is 15.8. The Morgan fingerprint density at radius 2 is 1.58 bits per heavy atom. The molecule has 0 saturated heterocycles. The molecule has 0 fully saturated rings. The van der Waals surface area contributed by atoms with Crippen LogP contribution in [0.3, 0.4) is 0 Å². The van der Waals surface area contributed by atoms with Crippen molar-refractivity contribution in [2.75, 3.05) is 13.6 Å². The summed E-state index contributed by atoms with van der Waals surface area (Å²) in [6.45, 7) is 6.89. The fourth-order valence-corrected chi connectivity index (χ4v) is 4.41. The molecule has 3 nitrogen and oxygen atoms in total. The summed E-state index contributed by atoms with van der Waals surface area (Å²) >= 11 is 0. The van der Waals surface area contributed by atoms with Crippen molar-refractivity contribution in [1.29, 1.82) is 0 Å². The molecule has 33 heavy (non-hydrogen) atoms. The molecular formula is C29H29FN2O. The van der Waals surface area contributed by atoms with Crippen LogP contribution in [0.15, 0.2) is 84.9 Å². The molecule has 1 unspecified atom stereocenters. The third-order valence-corrected chi connectivity index (χ3v) is 6.37. The van der Waals surface area contributed by atoms with E-state index in [9.17, 15) is 9.18 Å². The summed E-state index contributed by atoms with van der Waals surface area (Å²) in [5.74, 6) is -0.341. The molecule has 0 heterocycles. The molecule has 0 bridgehead atoms. The van der Waals surface area contributed by atoms with Crippen molar-refractivity contribution in [2.45, 2.75) is 26.4 Å². The zero-order valence-corrected chi connectivity index (χ0v) is 19.5. The molecule has 0 spiro atoms. The monoisotopic (exact) mass is 440 g/mol. The van der Waals surface area contributed by atoms with Crippen molar-refractivity contribution >= 4 is 16.7 Å². The summed E-state index contributed by atoms with van der Waals surface area (Å²) in [4.78, 5) is 15.3. The quantitative estimate of drug-likeness (QED) is 0.347. The maximum atomic E-state index is 13.6. The van der Waals surface area contributed by atoms with Crippen LogP contribution < -0.4 is 5.32 Å². The number of nitrogens with zero attached hydrogens (tertiary/aromatic N) is 1. The number of amides is 1. The number of nitrogens with one attached hydrogen (secondary N) is 1. The van der Waals surface area contributed by atoms with Crippen LogP contribution in [0.4, 0.5) is 4.39 Å². The summed E-state index contributed by atoms with van der Waals surface area (Å²) in [5, 5.41) is 5.82. The van der Waals surface area contributed by atoms with Gasteiger partial charge in [0.2, 0.25) is 0 Å². The first-order valence-corrected chi connectivity index (χ1v) is 11.2. The second-order valence-electron chi connectivity index (χ2n) is 8.58. The smallest absolute Gasteiger partial charge is 0.255 e.